The number of alkyl halides is 2. The van der Waals surface area contributed by atoms with E-state index in [1.54, 1.807) is 4.90 Å². The fourth-order valence-electron chi connectivity index (χ4n) is 2.56. The monoisotopic (exact) mass is 275 g/mol. The quantitative estimate of drug-likeness (QED) is 0.705. The van der Waals surface area contributed by atoms with Crippen molar-refractivity contribution in [3.8, 4) is 0 Å². The van der Waals surface area contributed by atoms with Crippen LogP contribution in [0.15, 0.2) is 0 Å². The number of halogens is 2. The van der Waals surface area contributed by atoms with Crippen LogP contribution in [-0.4, -0.2) is 29.3 Å². The molecule has 0 saturated carbocycles. The Morgan fingerprint density at radius 1 is 1.21 bits per heavy atom. The molecule has 0 aliphatic carbocycles. The Hall–Kier alpha value is -0.670. The lowest BCUT2D eigenvalue weighted by Crippen LogP contribution is -2.55. The highest BCUT2D eigenvalue weighted by Gasteiger charge is 2.46. The third-order valence-corrected chi connectivity index (χ3v) is 3.59. The molecule has 1 saturated heterocycles. The van der Waals surface area contributed by atoms with Crippen LogP contribution in [0.1, 0.15) is 60.8 Å². The zero-order valence-corrected chi connectivity index (χ0v) is 13.0. The Morgan fingerprint density at radius 3 is 2.16 bits per heavy atom. The Balaban J connectivity index is 2.89. The van der Waals surface area contributed by atoms with Gasteiger partial charge in [-0.25, -0.2) is 8.78 Å². The van der Waals surface area contributed by atoms with Gasteiger partial charge in [-0.3, -0.25) is 4.79 Å². The van der Waals surface area contributed by atoms with Gasteiger partial charge in [0.1, 0.15) is 0 Å². The molecule has 1 amide bonds. The molecule has 1 unspecified atom stereocenters. The van der Waals surface area contributed by atoms with Crippen molar-refractivity contribution in [3.63, 3.8) is 0 Å². The summed E-state index contributed by atoms with van der Waals surface area (Å²) in [6.07, 6.45) is -0.0208. The average molecular weight is 275 g/mol. The van der Waals surface area contributed by atoms with Gasteiger partial charge in [-0.2, -0.15) is 0 Å². The first-order valence-corrected chi connectivity index (χ1v) is 6.99. The predicted octanol–water partition coefficient (Wildman–Crippen LogP) is 4.10. The lowest BCUT2D eigenvalue weighted by molar-refractivity contribution is -0.151. The normalized spacial score (nSPS) is 24.4. The second-order valence-corrected chi connectivity index (χ2v) is 8.02. The van der Waals surface area contributed by atoms with E-state index >= 15 is 0 Å². The Labute approximate surface area is 115 Å². The van der Waals surface area contributed by atoms with Gasteiger partial charge in [0.2, 0.25) is 5.91 Å². The molecule has 1 aliphatic rings. The summed E-state index contributed by atoms with van der Waals surface area (Å²) in [5.74, 6) is -2.64. The number of hydrogen-bond acceptors (Lipinski definition) is 1. The van der Waals surface area contributed by atoms with Crippen LogP contribution in [0.25, 0.3) is 0 Å². The number of amides is 1. The Morgan fingerprint density at radius 2 is 1.74 bits per heavy atom. The first-order chi connectivity index (χ1) is 8.32. The summed E-state index contributed by atoms with van der Waals surface area (Å²) in [6, 6.07) is -0.383. The molecule has 19 heavy (non-hydrogen) atoms. The predicted molar refractivity (Wildman–Crippen MR) is 73.2 cm³/mol. The van der Waals surface area contributed by atoms with E-state index in [4.69, 9.17) is 0 Å². The van der Waals surface area contributed by atoms with E-state index in [1.807, 2.05) is 41.5 Å². The zero-order chi connectivity index (χ0) is 15.1. The lowest BCUT2D eigenvalue weighted by Gasteiger charge is -2.46. The molecule has 0 radical (unpaired) electrons. The highest BCUT2D eigenvalue weighted by atomic mass is 19.3. The fourth-order valence-corrected chi connectivity index (χ4v) is 2.56. The number of rotatable bonds is 1. The molecule has 1 aliphatic heterocycles. The molecular weight excluding hydrogens is 248 g/mol. The third-order valence-electron chi connectivity index (χ3n) is 3.59. The summed E-state index contributed by atoms with van der Waals surface area (Å²) in [5.41, 5.74) is -0.434. The van der Waals surface area contributed by atoms with Crippen molar-refractivity contribution in [2.24, 2.45) is 10.8 Å². The van der Waals surface area contributed by atoms with Gasteiger partial charge in [-0.05, 0) is 10.8 Å². The molecule has 0 bridgehead atoms. The van der Waals surface area contributed by atoms with E-state index < -0.39 is 5.92 Å². The van der Waals surface area contributed by atoms with Gasteiger partial charge in [0.05, 0.1) is 0 Å². The number of likely N-dealkylation sites (tertiary alicyclic amines) is 1. The zero-order valence-electron chi connectivity index (χ0n) is 13.0. The summed E-state index contributed by atoms with van der Waals surface area (Å²) in [4.78, 5) is 14.0. The van der Waals surface area contributed by atoms with Crippen LogP contribution in [0.3, 0.4) is 0 Å². The molecule has 1 atom stereocenters. The van der Waals surface area contributed by atoms with E-state index in [1.165, 1.54) is 0 Å². The fraction of sp³-hybridized carbons (Fsp3) is 0.933. The average Bonchev–Trinajstić information content (AvgIpc) is 2.11. The molecule has 0 N–H and O–H groups in total. The summed E-state index contributed by atoms with van der Waals surface area (Å²) in [6.45, 7) is 11.9. The third kappa shape index (κ3) is 4.73. The highest BCUT2D eigenvalue weighted by molar-refractivity contribution is 5.77. The largest absolute Gasteiger partial charge is 0.339 e. The number of hydrogen-bond donors (Lipinski definition) is 0. The van der Waals surface area contributed by atoms with Gasteiger partial charge in [-0.15, -0.1) is 0 Å². The number of nitrogens with zero attached hydrogens (tertiary/aromatic N) is 1. The van der Waals surface area contributed by atoms with Crippen molar-refractivity contribution in [1.29, 1.82) is 0 Å². The summed E-state index contributed by atoms with van der Waals surface area (Å²) < 4.78 is 27.2. The Bertz CT molecular complexity index is 339. The summed E-state index contributed by atoms with van der Waals surface area (Å²) in [5, 5.41) is 0. The minimum Gasteiger partial charge on any atom is -0.339 e. The van der Waals surface area contributed by atoms with Crippen molar-refractivity contribution in [1.82, 2.24) is 4.90 Å². The first-order valence-electron chi connectivity index (χ1n) is 6.99. The molecule has 112 valence electrons. The smallest absolute Gasteiger partial charge is 0.251 e. The van der Waals surface area contributed by atoms with Crippen LogP contribution in [-0.2, 0) is 4.79 Å². The second-order valence-electron chi connectivity index (χ2n) is 8.02. The highest BCUT2D eigenvalue weighted by Crippen LogP contribution is 2.40. The van der Waals surface area contributed by atoms with Crippen molar-refractivity contribution >= 4 is 5.91 Å². The van der Waals surface area contributed by atoms with Crippen molar-refractivity contribution in [3.05, 3.63) is 0 Å². The van der Waals surface area contributed by atoms with Crippen LogP contribution in [0.5, 0.6) is 0 Å². The van der Waals surface area contributed by atoms with Crippen molar-refractivity contribution in [2.75, 3.05) is 6.54 Å². The molecule has 0 aromatic rings. The number of carbonyl (C=O) groups excluding carboxylic acids is 1. The molecule has 0 aromatic heterocycles. The van der Waals surface area contributed by atoms with Crippen molar-refractivity contribution < 1.29 is 13.6 Å². The Kier molecular flexibility index (Phi) is 4.33. The van der Waals surface area contributed by atoms with E-state index in [0.717, 1.165) is 0 Å². The van der Waals surface area contributed by atoms with Gasteiger partial charge in [-0.1, -0.05) is 41.5 Å². The topological polar surface area (TPSA) is 20.3 Å². The van der Waals surface area contributed by atoms with Crippen molar-refractivity contribution in [2.45, 2.75) is 72.8 Å². The molecule has 0 spiro atoms. The van der Waals surface area contributed by atoms with Crippen LogP contribution in [0.2, 0.25) is 0 Å². The van der Waals surface area contributed by atoms with E-state index in [2.05, 4.69) is 0 Å². The molecule has 0 aromatic carbocycles. The van der Waals surface area contributed by atoms with E-state index in [9.17, 15) is 13.6 Å². The minimum atomic E-state index is -2.64. The summed E-state index contributed by atoms with van der Waals surface area (Å²) >= 11 is 0. The maximum absolute atomic E-state index is 13.6. The number of carbonyl (C=O) groups is 1. The SMILES string of the molecule is CC(C)(C)CC(=O)N1CCC(F)(F)CC1C(C)(C)C. The maximum atomic E-state index is 13.6. The van der Waals surface area contributed by atoms with Crippen LogP contribution in [0.4, 0.5) is 8.78 Å². The minimum absolute atomic E-state index is 0.00271. The van der Waals surface area contributed by atoms with Crippen LogP contribution < -0.4 is 0 Å². The molecule has 2 nitrogen and oxygen atoms in total. The van der Waals surface area contributed by atoms with E-state index in [0.29, 0.717) is 6.42 Å². The second kappa shape index (κ2) is 5.02. The molecular formula is C15H27F2NO. The van der Waals surface area contributed by atoms with Gasteiger partial charge in [0.25, 0.3) is 5.92 Å². The van der Waals surface area contributed by atoms with Gasteiger partial charge in [0.15, 0.2) is 0 Å². The van der Waals surface area contributed by atoms with Gasteiger partial charge < -0.3 is 4.90 Å². The lowest BCUT2D eigenvalue weighted by atomic mass is 9.78. The molecule has 4 heteroatoms. The first kappa shape index (κ1) is 16.4. The van der Waals surface area contributed by atoms with Gasteiger partial charge >= 0.3 is 0 Å². The van der Waals surface area contributed by atoms with Crippen LogP contribution in [0, 0.1) is 10.8 Å². The van der Waals surface area contributed by atoms with Gasteiger partial charge in [0, 0.05) is 31.8 Å². The summed E-state index contributed by atoms with van der Waals surface area (Å²) in [7, 11) is 0. The van der Waals surface area contributed by atoms with Crippen LogP contribution >= 0.6 is 0 Å². The number of piperidine rings is 1. The molecule has 1 rings (SSSR count). The maximum Gasteiger partial charge on any atom is 0.251 e. The standard InChI is InChI=1S/C15H27F2NO/c1-13(2,3)10-12(19)18-8-7-15(16,17)9-11(18)14(4,5)6/h11H,7-10H2,1-6H3. The molecule has 1 heterocycles. The molecule has 1 fully saturated rings. The van der Waals surface area contributed by atoms with E-state index in [-0.39, 0.29) is 42.2 Å².